The summed E-state index contributed by atoms with van der Waals surface area (Å²) in [5, 5.41) is 15.4. The molecule has 1 aliphatic rings. The van der Waals surface area contributed by atoms with Crippen LogP contribution in [0.15, 0.2) is 30.5 Å². The number of halogens is 2. The second kappa shape index (κ2) is 15.3. The number of nitrogens with zero attached hydrogens (tertiary/aromatic N) is 3. The van der Waals surface area contributed by atoms with Crippen LogP contribution in [0.1, 0.15) is 42.6 Å². The number of hydrogen-bond acceptors (Lipinski definition) is 7. The van der Waals surface area contributed by atoms with Crippen molar-refractivity contribution in [2.45, 2.75) is 57.1 Å². The fraction of sp³-hybridized carbons (Fsp3) is 0.556. The molecule has 0 aromatic carbocycles. The molecule has 2 atom stereocenters. The quantitative estimate of drug-likeness (QED) is 0.282. The topological polar surface area (TPSA) is 117 Å². The molecule has 11 heteroatoms. The van der Waals surface area contributed by atoms with E-state index in [9.17, 15) is 23.5 Å². The number of fused-ring (bicyclic) bond motifs is 1. The Balaban J connectivity index is 1.51. The second-order valence-electron chi connectivity index (χ2n) is 9.47. The van der Waals surface area contributed by atoms with Gasteiger partial charge < -0.3 is 25.4 Å². The molecule has 0 fully saturated rings. The first-order valence-electron chi connectivity index (χ1n) is 13.0. The van der Waals surface area contributed by atoms with Gasteiger partial charge in [0.2, 0.25) is 5.91 Å². The molecule has 0 saturated heterocycles. The van der Waals surface area contributed by atoms with Crippen LogP contribution < -0.4 is 10.6 Å². The largest absolute Gasteiger partial charge is 0.480 e. The van der Waals surface area contributed by atoms with Crippen LogP contribution in [0.3, 0.4) is 0 Å². The van der Waals surface area contributed by atoms with Gasteiger partial charge in [0.15, 0.2) is 0 Å². The average Bonchev–Trinajstić information content (AvgIpc) is 2.92. The maximum atomic E-state index is 13.8. The number of methoxy groups -OCH3 is 1. The molecule has 3 N–H and O–H groups in total. The molecule has 208 valence electrons. The van der Waals surface area contributed by atoms with Gasteiger partial charge in [-0.15, -0.1) is 0 Å². The summed E-state index contributed by atoms with van der Waals surface area (Å²) >= 11 is 0. The van der Waals surface area contributed by atoms with E-state index in [1.165, 1.54) is 31.0 Å². The number of pyridine rings is 2. The minimum Gasteiger partial charge on any atom is -0.480 e. The van der Waals surface area contributed by atoms with E-state index in [1.807, 2.05) is 4.90 Å². The van der Waals surface area contributed by atoms with Gasteiger partial charge in [0.1, 0.15) is 24.4 Å². The third-order valence-corrected chi connectivity index (χ3v) is 6.61. The lowest BCUT2D eigenvalue weighted by Crippen LogP contribution is -2.45. The van der Waals surface area contributed by atoms with Gasteiger partial charge in [0.05, 0.1) is 18.2 Å². The van der Waals surface area contributed by atoms with Gasteiger partial charge in [0.25, 0.3) is 0 Å². The van der Waals surface area contributed by atoms with Crippen molar-refractivity contribution in [2.24, 2.45) is 0 Å². The molecule has 3 rings (SSSR count). The molecule has 0 spiro atoms. The van der Waals surface area contributed by atoms with Gasteiger partial charge in [-0.3, -0.25) is 9.78 Å². The van der Waals surface area contributed by atoms with E-state index in [-0.39, 0.29) is 18.5 Å². The van der Waals surface area contributed by atoms with Crippen molar-refractivity contribution in [3.8, 4) is 0 Å². The number of aromatic nitrogens is 2. The maximum absolute atomic E-state index is 13.8. The summed E-state index contributed by atoms with van der Waals surface area (Å²) < 4.78 is 32.3. The molecule has 0 aliphatic carbocycles. The number of hydrogen-bond donors (Lipinski definition) is 3. The van der Waals surface area contributed by atoms with Crippen molar-refractivity contribution in [1.82, 2.24) is 20.2 Å². The Kier molecular flexibility index (Phi) is 11.8. The smallest absolute Gasteiger partial charge is 0.326 e. The normalized spacial score (nSPS) is 14.4. The molecule has 2 aromatic rings. The molecule has 1 aliphatic heterocycles. The number of carbonyl (C=O) groups is 2. The summed E-state index contributed by atoms with van der Waals surface area (Å²) in [6.45, 7) is 1.51. The van der Waals surface area contributed by atoms with Crippen molar-refractivity contribution in [1.29, 1.82) is 0 Å². The van der Waals surface area contributed by atoms with Gasteiger partial charge >= 0.3 is 5.97 Å². The summed E-state index contributed by atoms with van der Waals surface area (Å²) in [5.74, 6) is -1.49. The van der Waals surface area contributed by atoms with Gasteiger partial charge in [-0.1, -0.05) is 6.07 Å². The zero-order valence-corrected chi connectivity index (χ0v) is 21.8. The monoisotopic (exact) mass is 533 g/mol. The highest BCUT2D eigenvalue weighted by Crippen LogP contribution is 2.20. The van der Waals surface area contributed by atoms with E-state index < -0.39 is 36.5 Å². The number of ether oxygens (including phenoxy) is 1. The van der Waals surface area contributed by atoms with Crippen LogP contribution in [0.5, 0.6) is 0 Å². The van der Waals surface area contributed by atoms with E-state index in [1.54, 1.807) is 0 Å². The van der Waals surface area contributed by atoms with Crippen LogP contribution in [0, 0.1) is 5.82 Å². The van der Waals surface area contributed by atoms with Crippen molar-refractivity contribution in [3.63, 3.8) is 0 Å². The maximum Gasteiger partial charge on any atom is 0.326 e. The summed E-state index contributed by atoms with van der Waals surface area (Å²) in [5.41, 5.74) is 2.21. The number of anilines is 1. The standard InChI is InChI=1S/C27H37F2N5O4/c1-38-21(17-28)18-34(14-3-2-7-20-10-9-19-6-4-13-31-26(19)32-20)15-11-23(27(36)37)33-25(35)16-24-22(29)8-5-12-30-24/h5,8-10,12,21,23H,2-4,6-7,11,13-18H2,1H3,(H,31,32)(H,33,35)(H,36,37)/t21-,23+/m1/s1. The van der Waals surface area contributed by atoms with Crippen LogP contribution in [-0.2, 0) is 33.6 Å². The summed E-state index contributed by atoms with van der Waals surface area (Å²) in [6, 6.07) is 5.62. The lowest BCUT2D eigenvalue weighted by Gasteiger charge is -2.27. The first-order valence-corrected chi connectivity index (χ1v) is 13.0. The fourth-order valence-electron chi connectivity index (χ4n) is 4.43. The molecule has 0 radical (unpaired) electrons. The Hall–Kier alpha value is -3.18. The minimum atomic E-state index is -1.19. The van der Waals surface area contributed by atoms with E-state index in [0.717, 1.165) is 50.2 Å². The number of amides is 1. The Labute approximate surface area is 222 Å². The molecule has 3 heterocycles. The first kappa shape index (κ1) is 29.4. The van der Waals surface area contributed by atoms with Gasteiger partial charge in [-0.25, -0.2) is 18.6 Å². The number of aliphatic carboxylic acids is 1. The number of carbonyl (C=O) groups excluding carboxylic acids is 1. The Morgan fingerprint density at radius 2 is 2.11 bits per heavy atom. The van der Waals surface area contributed by atoms with E-state index in [4.69, 9.17) is 9.72 Å². The number of carboxylic acids is 1. The average molecular weight is 534 g/mol. The highest BCUT2D eigenvalue weighted by atomic mass is 19.1. The van der Waals surface area contributed by atoms with E-state index in [2.05, 4.69) is 27.8 Å². The number of rotatable bonds is 16. The predicted octanol–water partition coefficient (Wildman–Crippen LogP) is 2.79. The van der Waals surface area contributed by atoms with Crippen molar-refractivity contribution in [2.75, 3.05) is 45.3 Å². The first-order chi connectivity index (χ1) is 18.4. The van der Waals surface area contributed by atoms with Crippen molar-refractivity contribution in [3.05, 3.63) is 53.2 Å². The van der Waals surface area contributed by atoms with Crippen LogP contribution in [-0.4, -0.2) is 84.0 Å². The highest BCUT2D eigenvalue weighted by molar-refractivity contribution is 5.84. The van der Waals surface area contributed by atoms with Gasteiger partial charge in [0, 0.05) is 38.6 Å². The van der Waals surface area contributed by atoms with Crippen LogP contribution in [0.2, 0.25) is 0 Å². The minimum absolute atomic E-state index is 0.0501. The number of aryl methyl sites for hydroxylation is 2. The van der Waals surface area contributed by atoms with Crippen LogP contribution in [0.25, 0.3) is 0 Å². The Morgan fingerprint density at radius 1 is 1.26 bits per heavy atom. The third kappa shape index (κ3) is 9.29. The lowest BCUT2D eigenvalue weighted by molar-refractivity contribution is -0.142. The molecular weight excluding hydrogens is 496 g/mol. The Bertz CT molecular complexity index is 1050. The lowest BCUT2D eigenvalue weighted by atomic mass is 10.1. The molecule has 0 unspecified atom stereocenters. The predicted molar refractivity (Wildman–Crippen MR) is 139 cm³/mol. The number of nitrogens with one attached hydrogen (secondary N) is 2. The van der Waals surface area contributed by atoms with Crippen molar-refractivity contribution >= 4 is 17.7 Å². The van der Waals surface area contributed by atoms with E-state index in [0.29, 0.717) is 19.6 Å². The van der Waals surface area contributed by atoms with Crippen LogP contribution >= 0.6 is 0 Å². The molecule has 0 bridgehead atoms. The fourth-order valence-corrected chi connectivity index (χ4v) is 4.43. The number of carboxylic acid groups (broad SMARTS) is 1. The SMILES string of the molecule is CO[C@H](CF)CN(CCCCc1ccc2c(n1)NCCC2)CC[C@H](NC(=O)Cc1ncccc1F)C(=O)O. The zero-order chi connectivity index (χ0) is 27.3. The molecular formula is C27H37F2N5O4. The number of unbranched alkanes of at least 4 members (excludes halogenated alkanes) is 1. The molecule has 38 heavy (non-hydrogen) atoms. The van der Waals surface area contributed by atoms with Gasteiger partial charge in [-0.2, -0.15) is 0 Å². The van der Waals surface area contributed by atoms with Crippen LogP contribution in [0.4, 0.5) is 14.6 Å². The van der Waals surface area contributed by atoms with Gasteiger partial charge in [-0.05, 0) is 68.8 Å². The highest BCUT2D eigenvalue weighted by Gasteiger charge is 2.23. The Morgan fingerprint density at radius 3 is 2.84 bits per heavy atom. The second-order valence-corrected chi connectivity index (χ2v) is 9.47. The summed E-state index contributed by atoms with van der Waals surface area (Å²) in [6.07, 6.45) is 5.10. The molecule has 9 nitrogen and oxygen atoms in total. The van der Waals surface area contributed by atoms with E-state index >= 15 is 0 Å². The molecule has 1 amide bonds. The summed E-state index contributed by atoms with van der Waals surface area (Å²) in [4.78, 5) is 34.7. The zero-order valence-electron chi connectivity index (χ0n) is 21.8. The molecule has 2 aromatic heterocycles. The van der Waals surface area contributed by atoms with Crippen molar-refractivity contribution < 1.29 is 28.2 Å². The number of alkyl halides is 1. The molecule has 0 saturated carbocycles. The summed E-state index contributed by atoms with van der Waals surface area (Å²) in [7, 11) is 1.44. The third-order valence-electron chi connectivity index (χ3n) is 6.61.